The number of methoxy groups -OCH3 is 1. The number of fused-ring (bicyclic) bond motifs is 1. The normalized spacial score (nSPS) is 11.8. The summed E-state index contributed by atoms with van der Waals surface area (Å²) in [6.07, 6.45) is 0.145. The van der Waals surface area contributed by atoms with Gasteiger partial charge in [0.1, 0.15) is 17.4 Å². The van der Waals surface area contributed by atoms with Crippen LogP contribution in [0.5, 0.6) is 5.75 Å². The molecule has 1 atom stereocenters. The van der Waals surface area contributed by atoms with Gasteiger partial charge in [-0.15, -0.1) is 0 Å². The summed E-state index contributed by atoms with van der Waals surface area (Å²) < 4.78 is 10.6. The van der Waals surface area contributed by atoms with E-state index in [1.807, 2.05) is 30.3 Å². The predicted octanol–water partition coefficient (Wildman–Crippen LogP) is 3.55. The SMILES string of the molecule is COc1ccc2c(C)c(CCC(=O)N[C@H](CSCc3ccccc3)C(=O)O)c(=O)oc2c1. The smallest absolute Gasteiger partial charge is 0.339 e. The number of carboxylic acids is 1. The number of aliphatic carboxylic acids is 1. The average Bonchev–Trinajstić information content (AvgIpc) is 2.78. The maximum atomic E-state index is 12.4. The van der Waals surface area contributed by atoms with Crippen molar-refractivity contribution in [3.8, 4) is 5.75 Å². The van der Waals surface area contributed by atoms with Crippen molar-refractivity contribution in [2.24, 2.45) is 0 Å². The van der Waals surface area contributed by atoms with Crippen molar-refractivity contribution in [2.45, 2.75) is 31.6 Å². The summed E-state index contributed by atoms with van der Waals surface area (Å²) >= 11 is 1.44. The van der Waals surface area contributed by atoms with Crippen LogP contribution < -0.4 is 15.7 Å². The first kappa shape index (κ1) is 23.4. The van der Waals surface area contributed by atoms with Crippen molar-refractivity contribution in [3.63, 3.8) is 0 Å². The summed E-state index contributed by atoms with van der Waals surface area (Å²) in [5.74, 6) is -0.0324. The minimum absolute atomic E-state index is 0.0135. The Morgan fingerprint density at radius 2 is 1.94 bits per heavy atom. The summed E-state index contributed by atoms with van der Waals surface area (Å²) in [5.41, 5.74) is 2.14. The maximum Gasteiger partial charge on any atom is 0.339 e. The number of thioether (sulfide) groups is 1. The fourth-order valence-electron chi connectivity index (χ4n) is 3.34. The molecule has 1 amide bonds. The highest BCUT2D eigenvalue weighted by molar-refractivity contribution is 7.98. The Bertz CT molecular complexity index is 1160. The van der Waals surface area contributed by atoms with E-state index in [9.17, 15) is 19.5 Å². The zero-order chi connectivity index (χ0) is 23.1. The van der Waals surface area contributed by atoms with Gasteiger partial charge in [0.05, 0.1) is 7.11 Å². The molecule has 3 rings (SSSR count). The topological polar surface area (TPSA) is 106 Å². The van der Waals surface area contributed by atoms with Crippen molar-refractivity contribution in [1.82, 2.24) is 5.32 Å². The Hall–Kier alpha value is -3.26. The van der Waals surface area contributed by atoms with Crippen molar-refractivity contribution in [3.05, 3.63) is 75.6 Å². The van der Waals surface area contributed by atoms with Crippen LogP contribution in [-0.2, 0) is 21.8 Å². The second kappa shape index (κ2) is 10.9. The summed E-state index contributed by atoms with van der Waals surface area (Å²) in [6, 6.07) is 13.9. The molecule has 0 aliphatic carbocycles. The number of ether oxygens (including phenoxy) is 1. The van der Waals surface area contributed by atoms with Crippen LogP contribution in [-0.4, -0.2) is 35.9 Å². The third-order valence-electron chi connectivity index (χ3n) is 5.13. The van der Waals surface area contributed by atoms with Gasteiger partial charge in [0.2, 0.25) is 5.91 Å². The van der Waals surface area contributed by atoms with E-state index in [0.29, 0.717) is 22.6 Å². The molecule has 0 unspecified atom stereocenters. The highest BCUT2D eigenvalue weighted by atomic mass is 32.2. The maximum absolute atomic E-state index is 12.4. The van der Waals surface area contributed by atoms with Crippen molar-refractivity contribution in [2.75, 3.05) is 12.9 Å². The summed E-state index contributed by atoms with van der Waals surface area (Å²) in [5, 5.41) is 12.8. The van der Waals surface area contributed by atoms with Gasteiger partial charge in [-0.1, -0.05) is 30.3 Å². The number of hydrogen-bond acceptors (Lipinski definition) is 6. The molecule has 0 saturated carbocycles. The van der Waals surface area contributed by atoms with Crippen molar-refractivity contribution < 1.29 is 23.8 Å². The molecule has 3 aromatic rings. The first-order chi connectivity index (χ1) is 15.4. The van der Waals surface area contributed by atoms with Gasteiger partial charge in [-0.05, 0) is 36.6 Å². The molecule has 1 heterocycles. The fourth-order valence-corrected chi connectivity index (χ4v) is 4.35. The number of hydrogen-bond donors (Lipinski definition) is 2. The largest absolute Gasteiger partial charge is 0.497 e. The first-order valence-corrected chi connectivity index (χ1v) is 11.3. The van der Waals surface area contributed by atoms with E-state index in [1.54, 1.807) is 25.1 Å². The Balaban J connectivity index is 1.60. The van der Waals surface area contributed by atoms with Gasteiger partial charge < -0.3 is 19.6 Å². The first-order valence-electron chi connectivity index (χ1n) is 10.1. The lowest BCUT2D eigenvalue weighted by atomic mass is 10.0. The van der Waals surface area contributed by atoms with Gasteiger partial charge in [0.25, 0.3) is 0 Å². The summed E-state index contributed by atoms with van der Waals surface area (Å²) in [6.45, 7) is 1.80. The molecule has 0 spiro atoms. The summed E-state index contributed by atoms with van der Waals surface area (Å²) in [7, 11) is 1.53. The molecule has 2 aromatic carbocycles. The quantitative estimate of drug-likeness (QED) is 0.450. The number of nitrogens with one attached hydrogen (secondary N) is 1. The lowest BCUT2D eigenvalue weighted by Gasteiger charge is -2.14. The molecule has 2 N–H and O–H groups in total. The second-order valence-corrected chi connectivity index (χ2v) is 8.34. The third-order valence-corrected chi connectivity index (χ3v) is 6.23. The molecule has 0 aliphatic rings. The van der Waals surface area contributed by atoms with Crippen LogP contribution in [0.4, 0.5) is 0 Å². The van der Waals surface area contributed by atoms with Crippen LogP contribution in [0.15, 0.2) is 57.7 Å². The van der Waals surface area contributed by atoms with E-state index in [0.717, 1.165) is 16.5 Å². The molecular formula is C24H25NO6S. The van der Waals surface area contributed by atoms with Gasteiger partial charge in [0.15, 0.2) is 0 Å². The van der Waals surface area contributed by atoms with E-state index in [1.165, 1.54) is 18.9 Å². The van der Waals surface area contributed by atoms with Crippen LogP contribution in [0.25, 0.3) is 11.0 Å². The van der Waals surface area contributed by atoms with Crippen LogP contribution in [0.1, 0.15) is 23.1 Å². The average molecular weight is 456 g/mol. The Labute approximate surface area is 189 Å². The molecule has 168 valence electrons. The molecule has 0 fully saturated rings. The zero-order valence-electron chi connectivity index (χ0n) is 17.9. The molecule has 0 radical (unpaired) electrons. The van der Waals surface area contributed by atoms with E-state index in [-0.39, 0.29) is 18.6 Å². The zero-order valence-corrected chi connectivity index (χ0v) is 18.7. The van der Waals surface area contributed by atoms with Crippen LogP contribution in [0.2, 0.25) is 0 Å². The third kappa shape index (κ3) is 5.91. The number of carbonyl (C=O) groups excluding carboxylic acids is 1. The monoisotopic (exact) mass is 455 g/mol. The lowest BCUT2D eigenvalue weighted by molar-refractivity contribution is -0.141. The number of rotatable bonds is 10. The Morgan fingerprint density at radius 3 is 2.62 bits per heavy atom. The van der Waals surface area contributed by atoms with E-state index >= 15 is 0 Å². The molecular weight excluding hydrogens is 430 g/mol. The van der Waals surface area contributed by atoms with E-state index in [2.05, 4.69) is 5.32 Å². The molecule has 0 saturated heterocycles. The Morgan fingerprint density at radius 1 is 1.19 bits per heavy atom. The molecule has 8 heteroatoms. The summed E-state index contributed by atoms with van der Waals surface area (Å²) in [4.78, 5) is 36.4. The minimum Gasteiger partial charge on any atom is -0.497 e. The molecule has 0 bridgehead atoms. The highest BCUT2D eigenvalue weighted by Gasteiger charge is 2.21. The number of carboxylic acid groups (broad SMARTS) is 1. The number of carbonyl (C=O) groups is 2. The number of amides is 1. The van der Waals surface area contributed by atoms with Gasteiger partial charge in [-0.3, -0.25) is 4.79 Å². The molecule has 1 aromatic heterocycles. The van der Waals surface area contributed by atoms with Crippen molar-refractivity contribution in [1.29, 1.82) is 0 Å². The van der Waals surface area contributed by atoms with Gasteiger partial charge in [-0.25, -0.2) is 9.59 Å². The van der Waals surface area contributed by atoms with Gasteiger partial charge >= 0.3 is 11.6 Å². The van der Waals surface area contributed by atoms with Crippen LogP contribution in [0, 0.1) is 6.92 Å². The predicted molar refractivity (Wildman–Crippen MR) is 124 cm³/mol. The standard InChI is InChI=1S/C24H25NO6S/c1-15-18-9-8-17(30-2)12-21(18)31-24(29)19(15)10-11-22(26)25-20(23(27)28)14-32-13-16-6-4-3-5-7-16/h3-9,12,20H,10-11,13-14H2,1-2H3,(H,25,26)(H,27,28)/t20-/m1/s1. The fraction of sp³-hybridized carbons (Fsp3) is 0.292. The molecule has 32 heavy (non-hydrogen) atoms. The lowest BCUT2D eigenvalue weighted by Crippen LogP contribution is -2.42. The van der Waals surface area contributed by atoms with Crippen LogP contribution >= 0.6 is 11.8 Å². The number of aryl methyl sites for hydroxylation is 1. The highest BCUT2D eigenvalue weighted by Crippen LogP contribution is 2.24. The Kier molecular flexibility index (Phi) is 7.94. The van der Waals surface area contributed by atoms with E-state index in [4.69, 9.17) is 9.15 Å². The van der Waals surface area contributed by atoms with E-state index < -0.39 is 23.5 Å². The van der Waals surface area contributed by atoms with Crippen LogP contribution in [0.3, 0.4) is 0 Å². The molecule has 0 aliphatic heterocycles. The minimum atomic E-state index is -1.09. The number of benzene rings is 2. The van der Waals surface area contributed by atoms with Gasteiger partial charge in [0, 0.05) is 34.9 Å². The second-order valence-electron chi connectivity index (χ2n) is 7.31. The molecule has 7 nitrogen and oxygen atoms in total. The van der Waals surface area contributed by atoms with Gasteiger partial charge in [-0.2, -0.15) is 11.8 Å². The van der Waals surface area contributed by atoms with Crippen molar-refractivity contribution >= 4 is 34.6 Å².